The number of amides is 1. The van der Waals surface area contributed by atoms with Crippen LogP contribution in [0.25, 0.3) is 0 Å². The van der Waals surface area contributed by atoms with Crippen LogP contribution in [0.2, 0.25) is 0 Å². The lowest BCUT2D eigenvalue weighted by atomic mass is 10.3. The fourth-order valence-corrected chi connectivity index (χ4v) is 1.24. The van der Waals surface area contributed by atoms with Gasteiger partial charge in [0.25, 0.3) is 5.91 Å². The summed E-state index contributed by atoms with van der Waals surface area (Å²) in [5.74, 6) is -0.816. The van der Waals surface area contributed by atoms with E-state index in [4.69, 9.17) is 0 Å². The minimum atomic E-state index is -0.647. The number of hydrogen-bond acceptors (Lipinski definition) is 4. The second-order valence-corrected chi connectivity index (χ2v) is 3.22. The first-order valence-corrected chi connectivity index (χ1v) is 4.73. The Bertz CT molecular complexity index is 550. The predicted octanol–water partition coefficient (Wildman–Crippen LogP) is 1.57. The van der Waals surface area contributed by atoms with Crippen molar-refractivity contribution < 1.29 is 9.72 Å². The Kier molecular flexibility index (Phi) is 2.82. The largest absolute Gasteiger partial charge is 0.358 e. The van der Waals surface area contributed by atoms with E-state index in [-0.39, 0.29) is 11.5 Å². The van der Waals surface area contributed by atoms with Crippen LogP contribution in [0.1, 0.15) is 10.5 Å². The van der Waals surface area contributed by atoms with Gasteiger partial charge < -0.3 is 15.4 Å². The van der Waals surface area contributed by atoms with Gasteiger partial charge in [-0.15, -0.1) is 5.10 Å². The summed E-state index contributed by atoms with van der Waals surface area (Å²) in [6.07, 6.45) is 0. The van der Waals surface area contributed by atoms with Crippen LogP contribution in [0.5, 0.6) is 0 Å². The Balaban J connectivity index is 2.12. The smallest absolute Gasteiger partial charge is 0.343 e. The molecule has 2 rings (SSSR count). The highest BCUT2D eigenvalue weighted by Crippen LogP contribution is 2.11. The number of anilines is 1. The topological polar surface area (TPSA) is 101 Å². The SMILES string of the molecule is O=C(Nc1ccccc1)c1cc([N+](=O)[O-])[nH]n1. The second kappa shape index (κ2) is 4.44. The molecule has 1 heterocycles. The van der Waals surface area contributed by atoms with Crippen molar-refractivity contribution in [2.75, 3.05) is 5.32 Å². The van der Waals surface area contributed by atoms with E-state index in [0.29, 0.717) is 5.69 Å². The number of nitro groups is 1. The number of nitrogens with one attached hydrogen (secondary N) is 2. The number of para-hydroxylation sites is 1. The third-order valence-electron chi connectivity index (χ3n) is 2.03. The molecular weight excluding hydrogens is 224 g/mol. The fraction of sp³-hybridized carbons (Fsp3) is 0. The van der Waals surface area contributed by atoms with Crippen molar-refractivity contribution in [2.45, 2.75) is 0 Å². The van der Waals surface area contributed by atoms with Crippen molar-refractivity contribution in [3.63, 3.8) is 0 Å². The zero-order valence-corrected chi connectivity index (χ0v) is 8.58. The number of aromatic nitrogens is 2. The zero-order chi connectivity index (χ0) is 12.3. The molecule has 17 heavy (non-hydrogen) atoms. The van der Waals surface area contributed by atoms with E-state index in [1.165, 1.54) is 0 Å². The number of benzene rings is 1. The molecule has 0 unspecified atom stereocenters. The van der Waals surface area contributed by atoms with Crippen LogP contribution in [0.4, 0.5) is 11.5 Å². The number of hydrogen-bond donors (Lipinski definition) is 2. The van der Waals surface area contributed by atoms with Crippen LogP contribution in [-0.4, -0.2) is 21.0 Å². The van der Waals surface area contributed by atoms with Crippen molar-refractivity contribution in [2.24, 2.45) is 0 Å². The molecule has 2 aromatic rings. The normalized spacial score (nSPS) is 9.88. The molecule has 86 valence electrons. The molecule has 1 aromatic heterocycles. The molecule has 0 spiro atoms. The lowest BCUT2D eigenvalue weighted by molar-refractivity contribution is -0.389. The van der Waals surface area contributed by atoms with E-state index in [0.717, 1.165) is 6.07 Å². The van der Waals surface area contributed by atoms with E-state index in [1.807, 2.05) is 6.07 Å². The van der Waals surface area contributed by atoms with Crippen molar-refractivity contribution in [1.29, 1.82) is 0 Å². The molecule has 1 aromatic carbocycles. The summed E-state index contributed by atoms with van der Waals surface area (Å²) in [6, 6.07) is 9.84. The van der Waals surface area contributed by atoms with E-state index in [9.17, 15) is 14.9 Å². The van der Waals surface area contributed by atoms with Crippen LogP contribution < -0.4 is 5.32 Å². The lowest BCUT2D eigenvalue weighted by Crippen LogP contribution is -2.12. The van der Waals surface area contributed by atoms with Gasteiger partial charge in [0.1, 0.15) is 0 Å². The minimum Gasteiger partial charge on any atom is -0.358 e. The zero-order valence-electron chi connectivity index (χ0n) is 8.58. The van der Waals surface area contributed by atoms with Gasteiger partial charge in [0.15, 0.2) is 5.69 Å². The highest BCUT2D eigenvalue weighted by atomic mass is 16.6. The average molecular weight is 232 g/mol. The molecule has 0 fully saturated rings. The summed E-state index contributed by atoms with van der Waals surface area (Å²) in [4.78, 5) is 21.4. The van der Waals surface area contributed by atoms with Crippen molar-refractivity contribution in [3.8, 4) is 0 Å². The summed E-state index contributed by atoms with van der Waals surface area (Å²) < 4.78 is 0. The monoisotopic (exact) mass is 232 g/mol. The quantitative estimate of drug-likeness (QED) is 0.619. The third kappa shape index (κ3) is 2.46. The molecule has 0 aliphatic heterocycles. The van der Waals surface area contributed by atoms with Gasteiger partial charge in [-0.3, -0.25) is 4.79 Å². The maximum absolute atomic E-state index is 11.6. The van der Waals surface area contributed by atoms with Crippen molar-refractivity contribution in [3.05, 3.63) is 52.2 Å². The number of rotatable bonds is 3. The minimum absolute atomic E-state index is 0.0273. The molecule has 0 atom stereocenters. The van der Waals surface area contributed by atoms with Crippen LogP contribution in [0, 0.1) is 10.1 Å². The van der Waals surface area contributed by atoms with Crippen LogP contribution in [0.3, 0.4) is 0 Å². The molecule has 0 saturated heterocycles. The summed E-state index contributed by atoms with van der Waals surface area (Å²) in [7, 11) is 0. The van der Waals surface area contributed by atoms with Gasteiger partial charge in [0.2, 0.25) is 0 Å². The molecule has 0 aliphatic carbocycles. The van der Waals surface area contributed by atoms with Gasteiger partial charge >= 0.3 is 5.82 Å². The van der Waals surface area contributed by atoms with E-state index in [1.54, 1.807) is 24.3 Å². The molecule has 0 saturated carbocycles. The molecule has 0 radical (unpaired) electrons. The Morgan fingerprint density at radius 1 is 1.35 bits per heavy atom. The molecule has 2 N–H and O–H groups in total. The summed E-state index contributed by atoms with van der Waals surface area (Å²) in [6.45, 7) is 0. The molecule has 0 aliphatic rings. The van der Waals surface area contributed by atoms with E-state index in [2.05, 4.69) is 15.5 Å². The second-order valence-electron chi connectivity index (χ2n) is 3.22. The molecule has 7 heteroatoms. The van der Waals surface area contributed by atoms with Gasteiger partial charge in [0.05, 0.1) is 6.07 Å². The lowest BCUT2D eigenvalue weighted by Gasteiger charge is -2.00. The summed E-state index contributed by atoms with van der Waals surface area (Å²) in [5, 5.41) is 18.7. The van der Waals surface area contributed by atoms with Gasteiger partial charge in [0, 0.05) is 5.69 Å². The molecule has 1 amide bonds. The first kappa shape index (κ1) is 10.8. The number of H-pyrrole nitrogens is 1. The highest BCUT2D eigenvalue weighted by Gasteiger charge is 2.16. The number of nitrogens with zero attached hydrogens (tertiary/aromatic N) is 2. The molecular formula is C10H8N4O3. The van der Waals surface area contributed by atoms with Crippen LogP contribution in [-0.2, 0) is 0 Å². The number of carbonyl (C=O) groups is 1. The predicted molar refractivity (Wildman–Crippen MR) is 59.6 cm³/mol. The number of aromatic amines is 1. The Labute approximate surface area is 95.6 Å². The average Bonchev–Trinajstić information content (AvgIpc) is 2.79. The van der Waals surface area contributed by atoms with Gasteiger partial charge in [-0.2, -0.15) is 0 Å². The number of carbonyl (C=O) groups excluding carboxylic acids is 1. The van der Waals surface area contributed by atoms with Gasteiger partial charge in [-0.05, 0) is 17.1 Å². The fourth-order valence-electron chi connectivity index (χ4n) is 1.24. The van der Waals surface area contributed by atoms with E-state index < -0.39 is 10.8 Å². The Morgan fingerprint density at radius 2 is 2.06 bits per heavy atom. The van der Waals surface area contributed by atoms with Crippen molar-refractivity contribution >= 4 is 17.4 Å². The van der Waals surface area contributed by atoms with Crippen LogP contribution >= 0.6 is 0 Å². The van der Waals surface area contributed by atoms with Crippen LogP contribution in [0.15, 0.2) is 36.4 Å². The molecule has 7 nitrogen and oxygen atoms in total. The standard InChI is InChI=1S/C10H8N4O3/c15-10(11-7-4-2-1-3-5-7)8-6-9(13-12-8)14(16)17/h1-6H,(H,11,15)(H,12,13). The van der Waals surface area contributed by atoms with Gasteiger partial charge in [-0.1, -0.05) is 23.3 Å². The summed E-state index contributed by atoms with van der Waals surface area (Å²) in [5.41, 5.74) is 0.573. The maximum atomic E-state index is 11.6. The Morgan fingerprint density at radius 3 is 2.65 bits per heavy atom. The third-order valence-corrected chi connectivity index (χ3v) is 2.03. The highest BCUT2D eigenvalue weighted by molar-refractivity contribution is 6.03. The maximum Gasteiger partial charge on any atom is 0.343 e. The Hall–Kier alpha value is -2.70. The van der Waals surface area contributed by atoms with Crippen molar-refractivity contribution in [1.82, 2.24) is 10.2 Å². The molecule has 0 bridgehead atoms. The van der Waals surface area contributed by atoms with Gasteiger partial charge in [-0.25, -0.2) is 0 Å². The first-order valence-electron chi connectivity index (χ1n) is 4.73. The summed E-state index contributed by atoms with van der Waals surface area (Å²) >= 11 is 0. The van der Waals surface area contributed by atoms with E-state index >= 15 is 0 Å². The first-order chi connectivity index (χ1) is 8.16.